The molecule has 2 aliphatic rings. The summed E-state index contributed by atoms with van der Waals surface area (Å²) in [5.41, 5.74) is 9.73. The highest BCUT2D eigenvalue weighted by molar-refractivity contribution is 6.07. The molecule has 3 unspecified atom stereocenters. The van der Waals surface area contributed by atoms with Gasteiger partial charge in [-0.25, -0.2) is 4.98 Å². The Morgan fingerprint density at radius 3 is 2.59 bits per heavy atom. The predicted octanol–water partition coefficient (Wildman–Crippen LogP) is 3.71. The van der Waals surface area contributed by atoms with Gasteiger partial charge in [0.05, 0.1) is 16.8 Å². The van der Waals surface area contributed by atoms with E-state index in [1.54, 1.807) is 0 Å². The van der Waals surface area contributed by atoms with E-state index >= 15 is 0 Å². The molecule has 1 aliphatic heterocycles. The van der Waals surface area contributed by atoms with Crippen molar-refractivity contribution in [3.8, 4) is 11.3 Å². The molecular formula is C23H23N3O. The number of aromatic nitrogens is 1. The van der Waals surface area contributed by atoms with Crippen molar-refractivity contribution in [1.29, 1.82) is 0 Å². The fraction of sp³-hybridized carbons (Fsp3) is 0.304. The summed E-state index contributed by atoms with van der Waals surface area (Å²) < 4.78 is 0. The van der Waals surface area contributed by atoms with Crippen molar-refractivity contribution in [2.75, 3.05) is 13.1 Å². The lowest BCUT2D eigenvalue weighted by Crippen LogP contribution is -2.33. The van der Waals surface area contributed by atoms with Crippen molar-refractivity contribution in [3.05, 3.63) is 66.2 Å². The lowest BCUT2D eigenvalue weighted by molar-refractivity contribution is 0.0781. The zero-order valence-corrected chi connectivity index (χ0v) is 15.2. The number of nitrogens with zero attached hydrogens (tertiary/aromatic N) is 2. The first-order valence-electron chi connectivity index (χ1n) is 9.71. The molecule has 2 N–H and O–H groups in total. The maximum absolute atomic E-state index is 13.4. The molecule has 0 spiro atoms. The van der Waals surface area contributed by atoms with Crippen LogP contribution >= 0.6 is 0 Å². The van der Waals surface area contributed by atoms with Gasteiger partial charge in [0.25, 0.3) is 5.91 Å². The van der Waals surface area contributed by atoms with Gasteiger partial charge in [-0.2, -0.15) is 0 Å². The van der Waals surface area contributed by atoms with Crippen LogP contribution in [0.4, 0.5) is 0 Å². The number of para-hydroxylation sites is 1. The second-order valence-corrected chi connectivity index (χ2v) is 7.81. The van der Waals surface area contributed by atoms with Crippen LogP contribution in [-0.2, 0) is 0 Å². The van der Waals surface area contributed by atoms with Crippen LogP contribution in [-0.4, -0.2) is 34.9 Å². The van der Waals surface area contributed by atoms with Gasteiger partial charge >= 0.3 is 0 Å². The maximum atomic E-state index is 13.4. The Morgan fingerprint density at radius 2 is 1.78 bits per heavy atom. The minimum Gasteiger partial charge on any atom is -0.338 e. The van der Waals surface area contributed by atoms with Crippen molar-refractivity contribution in [2.45, 2.75) is 18.9 Å². The number of nitrogens with two attached hydrogens (primary N) is 1. The SMILES string of the molecule is NC1CCC2CN(C(=O)c3cc(-c4ccccc4)nc4ccccc34)CC12. The van der Waals surface area contributed by atoms with Crippen LogP contribution in [0.3, 0.4) is 0 Å². The fourth-order valence-electron chi connectivity index (χ4n) is 4.75. The molecule has 3 atom stereocenters. The highest BCUT2D eigenvalue weighted by atomic mass is 16.2. The summed E-state index contributed by atoms with van der Waals surface area (Å²) in [6.45, 7) is 1.61. The Bertz CT molecular complexity index is 1000. The highest BCUT2D eigenvalue weighted by Gasteiger charge is 2.42. The molecule has 1 saturated heterocycles. The van der Waals surface area contributed by atoms with E-state index in [4.69, 9.17) is 10.7 Å². The van der Waals surface area contributed by atoms with Gasteiger partial charge in [0.1, 0.15) is 0 Å². The minimum atomic E-state index is 0.104. The topological polar surface area (TPSA) is 59.2 Å². The van der Waals surface area contributed by atoms with Crippen molar-refractivity contribution in [1.82, 2.24) is 9.88 Å². The van der Waals surface area contributed by atoms with Crippen molar-refractivity contribution in [3.63, 3.8) is 0 Å². The number of fused-ring (bicyclic) bond motifs is 2. The van der Waals surface area contributed by atoms with Gasteiger partial charge in [0, 0.05) is 30.1 Å². The molecular weight excluding hydrogens is 334 g/mol. The second kappa shape index (κ2) is 6.46. The largest absolute Gasteiger partial charge is 0.338 e. The molecule has 2 fully saturated rings. The summed E-state index contributed by atoms with van der Waals surface area (Å²) in [6, 6.07) is 20.1. The van der Waals surface area contributed by atoms with Crippen LogP contribution in [0.25, 0.3) is 22.2 Å². The second-order valence-electron chi connectivity index (χ2n) is 7.81. The van der Waals surface area contributed by atoms with Gasteiger partial charge in [-0.3, -0.25) is 4.79 Å². The molecule has 3 aromatic rings. The Balaban J connectivity index is 1.57. The Hall–Kier alpha value is -2.72. The number of pyridine rings is 1. The van der Waals surface area contributed by atoms with Crippen LogP contribution in [0.15, 0.2) is 60.7 Å². The number of likely N-dealkylation sites (tertiary alicyclic amines) is 1. The molecule has 2 aromatic carbocycles. The van der Waals surface area contributed by atoms with Crippen LogP contribution in [0, 0.1) is 11.8 Å². The molecule has 136 valence electrons. The molecule has 0 radical (unpaired) electrons. The van der Waals surface area contributed by atoms with Gasteiger partial charge in [0.15, 0.2) is 0 Å². The first kappa shape index (κ1) is 16.5. The van der Waals surface area contributed by atoms with Gasteiger partial charge in [-0.15, -0.1) is 0 Å². The zero-order valence-electron chi connectivity index (χ0n) is 15.2. The number of carbonyl (C=O) groups is 1. The first-order chi connectivity index (χ1) is 13.2. The van der Waals surface area contributed by atoms with E-state index in [0.29, 0.717) is 11.8 Å². The van der Waals surface area contributed by atoms with Crippen LogP contribution in [0.5, 0.6) is 0 Å². The summed E-state index contributed by atoms with van der Waals surface area (Å²) in [4.78, 5) is 20.2. The number of hydrogen-bond acceptors (Lipinski definition) is 3. The van der Waals surface area contributed by atoms with E-state index in [2.05, 4.69) is 0 Å². The minimum absolute atomic E-state index is 0.104. The smallest absolute Gasteiger partial charge is 0.254 e. The predicted molar refractivity (Wildman–Crippen MR) is 107 cm³/mol. The molecule has 4 nitrogen and oxygen atoms in total. The fourth-order valence-corrected chi connectivity index (χ4v) is 4.75. The molecule has 1 aromatic heterocycles. The standard InChI is InChI=1S/C23H23N3O/c24-20-11-10-16-13-26(14-19(16)20)23(27)18-12-22(15-6-2-1-3-7-15)25-21-9-5-4-8-17(18)21/h1-9,12,16,19-20H,10-11,13-14,24H2. The average molecular weight is 357 g/mol. The van der Waals surface area contributed by atoms with E-state index in [9.17, 15) is 4.79 Å². The first-order valence-corrected chi connectivity index (χ1v) is 9.71. The van der Waals surface area contributed by atoms with Gasteiger partial charge < -0.3 is 10.6 Å². The van der Waals surface area contributed by atoms with E-state index in [1.165, 1.54) is 0 Å². The van der Waals surface area contributed by atoms with Crippen LogP contribution in [0.1, 0.15) is 23.2 Å². The molecule has 5 rings (SSSR count). The number of hydrogen-bond donors (Lipinski definition) is 1. The molecule has 4 heteroatoms. The number of carbonyl (C=O) groups excluding carboxylic acids is 1. The Kier molecular flexibility index (Phi) is 3.94. The Labute approximate surface area is 159 Å². The third kappa shape index (κ3) is 2.81. The van der Waals surface area contributed by atoms with E-state index < -0.39 is 0 Å². The third-order valence-electron chi connectivity index (χ3n) is 6.22. The van der Waals surface area contributed by atoms with E-state index in [1.807, 2.05) is 65.6 Å². The molecule has 1 aliphatic carbocycles. The lowest BCUT2D eigenvalue weighted by Gasteiger charge is -2.20. The van der Waals surface area contributed by atoms with Crippen molar-refractivity contribution >= 4 is 16.8 Å². The van der Waals surface area contributed by atoms with Gasteiger partial charge in [-0.1, -0.05) is 48.5 Å². The van der Waals surface area contributed by atoms with Crippen LogP contribution < -0.4 is 5.73 Å². The van der Waals surface area contributed by atoms with E-state index in [-0.39, 0.29) is 11.9 Å². The average Bonchev–Trinajstić information content (AvgIpc) is 3.29. The van der Waals surface area contributed by atoms with Crippen LogP contribution in [0.2, 0.25) is 0 Å². The van der Waals surface area contributed by atoms with Crippen molar-refractivity contribution < 1.29 is 4.79 Å². The van der Waals surface area contributed by atoms with Gasteiger partial charge in [0.2, 0.25) is 0 Å². The number of rotatable bonds is 2. The van der Waals surface area contributed by atoms with E-state index in [0.717, 1.165) is 53.7 Å². The highest BCUT2D eigenvalue weighted by Crippen LogP contribution is 2.38. The van der Waals surface area contributed by atoms with Gasteiger partial charge in [-0.05, 0) is 36.8 Å². The summed E-state index contributed by atoms with van der Waals surface area (Å²) in [6.07, 6.45) is 2.23. The quantitative estimate of drug-likeness (QED) is 0.760. The number of benzene rings is 2. The summed E-state index contributed by atoms with van der Waals surface area (Å²) in [5, 5.41) is 0.920. The Morgan fingerprint density at radius 1 is 1.00 bits per heavy atom. The molecule has 1 amide bonds. The van der Waals surface area contributed by atoms with Crippen molar-refractivity contribution in [2.24, 2.45) is 17.6 Å². The maximum Gasteiger partial charge on any atom is 0.254 e. The molecule has 1 saturated carbocycles. The number of amides is 1. The molecule has 0 bridgehead atoms. The zero-order chi connectivity index (χ0) is 18.4. The summed E-state index contributed by atoms with van der Waals surface area (Å²) >= 11 is 0. The molecule has 27 heavy (non-hydrogen) atoms. The monoisotopic (exact) mass is 357 g/mol. The summed E-state index contributed by atoms with van der Waals surface area (Å²) in [5.74, 6) is 1.12. The third-order valence-corrected chi connectivity index (χ3v) is 6.22. The molecule has 2 heterocycles. The summed E-state index contributed by atoms with van der Waals surface area (Å²) in [7, 11) is 0. The lowest BCUT2D eigenvalue weighted by atomic mass is 9.98. The normalized spacial score (nSPS) is 24.3.